The molecule has 7 rings (SSSR count). The number of hydrogen-bond donors (Lipinski definition) is 1. The molecule has 2 fully saturated rings. The minimum atomic E-state index is -0.861. The van der Waals surface area contributed by atoms with Crippen LogP contribution in [0.1, 0.15) is 66.6 Å². The van der Waals surface area contributed by atoms with E-state index in [0.29, 0.717) is 41.4 Å². The van der Waals surface area contributed by atoms with Gasteiger partial charge in [-0.3, -0.25) is 19.2 Å². The maximum absolute atomic E-state index is 13.7. The van der Waals surface area contributed by atoms with Crippen LogP contribution in [0.5, 0.6) is 11.5 Å². The Morgan fingerprint density at radius 2 is 1.63 bits per heavy atom. The molecule has 1 unspecified atom stereocenters. The summed E-state index contributed by atoms with van der Waals surface area (Å²) in [5, 5.41) is 3.68. The van der Waals surface area contributed by atoms with Gasteiger partial charge < -0.3 is 29.0 Å². The normalized spacial score (nSPS) is 16.6. The average molecular weight is 686 g/mol. The highest BCUT2D eigenvalue weighted by Gasteiger charge is 2.31. The number of hydrogen-bond acceptors (Lipinski definition) is 7. The fourth-order valence-corrected chi connectivity index (χ4v) is 6.64. The van der Waals surface area contributed by atoms with Crippen LogP contribution in [0.15, 0.2) is 82.0 Å². The van der Waals surface area contributed by atoms with Gasteiger partial charge in [-0.15, -0.1) is 0 Å². The van der Waals surface area contributed by atoms with Crippen LogP contribution in [0.25, 0.3) is 11.0 Å². The van der Waals surface area contributed by atoms with Crippen LogP contribution < -0.4 is 20.2 Å². The van der Waals surface area contributed by atoms with Crippen LogP contribution >= 0.6 is 11.6 Å². The molecule has 3 aliphatic heterocycles. The van der Waals surface area contributed by atoms with Gasteiger partial charge in [0.05, 0.1) is 5.39 Å². The van der Waals surface area contributed by atoms with E-state index in [9.17, 15) is 19.2 Å². The Morgan fingerprint density at radius 3 is 2.31 bits per heavy atom. The summed E-state index contributed by atoms with van der Waals surface area (Å²) in [7, 11) is 0. The minimum absolute atomic E-state index is 0.0459. The second-order valence-electron chi connectivity index (χ2n) is 12.5. The monoisotopic (exact) mass is 685 g/mol. The Bertz CT molecular complexity index is 1850. The van der Waals surface area contributed by atoms with Crippen molar-refractivity contribution in [3.63, 3.8) is 0 Å². The molecule has 4 aromatic rings. The number of piperidine rings is 2. The van der Waals surface area contributed by atoms with Crippen LogP contribution in [-0.4, -0.2) is 66.5 Å². The van der Waals surface area contributed by atoms with E-state index in [1.54, 1.807) is 17.0 Å². The molecule has 3 amide bonds. The summed E-state index contributed by atoms with van der Waals surface area (Å²) in [5.74, 6) is 0.586. The van der Waals surface area contributed by atoms with Gasteiger partial charge in [-0.05, 0) is 67.9 Å². The molecular formula is C38H40ClN3O7. The first-order valence-electron chi connectivity index (χ1n) is 16.8. The lowest BCUT2D eigenvalue weighted by Gasteiger charge is -2.34. The molecule has 1 atom stereocenters. The quantitative estimate of drug-likeness (QED) is 0.256. The summed E-state index contributed by atoms with van der Waals surface area (Å²) in [4.78, 5) is 54.6. The highest BCUT2D eigenvalue weighted by atomic mass is 35.5. The van der Waals surface area contributed by atoms with E-state index in [0.717, 1.165) is 50.4 Å². The Morgan fingerprint density at radius 1 is 0.918 bits per heavy atom. The Labute approximate surface area is 289 Å². The third-order valence-electron chi connectivity index (χ3n) is 9.28. The van der Waals surface area contributed by atoms with Gasteiger partial charge in [0.25, 0.3) is 5.91 Å². The molecule has 1 N–H and O–H groups in total. The molecule has 0 radical (unpaired) electrons. The molecule has 0 saturated carbocycles. The van der Waals surface area contributed by atoms with Crippen molar-refractivity contribution in [3.8, 4) is 11.5 Å². The van der Waals surface area contributed by atoms with Gasteiger partial charge in [0, 0.05) is 56.2 Å². The van der Waals surface area contributed by atoms with Crippen molar-refractivity contribution < 1.29 is 28.3 Å². The van der Waals surface area contributed by atoms with E-state index >= 15 is 0 Å². The first-order valence-corrected chi connectivity index (χ1v) is 17.2. The number of nitrogens with zero attached hydrogens (tertiary/aromatic N) is 2. The number of carbonyl (C=O) groups is 3. The molecule has 256 valence electrons. The summed E-state index contributed by atoms with van der Waals surface area (Å²) in [6, 6.07) is 20.8. The number of likely N-dealkylation sites (tertiary alicyclic amines) is 2. The predicted molar refractivity (Wildman–Crippen MR) is 186 cm³/mol. The molecular weight excluding hydrogens is 646 g/mol. The van der Waals surface area contributed by atoms with Crippen molar-refractivity contribution in [1.82, 2.24) is 15.1 Å². The predicted octanol–water partition coefficient (Wildman–Crippen LogP) is 5.94. The maximum atomic E-state index is 13.7. The first kappa shape index (κ1) is 34.0. The third-order valence-corrected chi connectivity index (χ3v) is 9.54. The summed E-state index contributed by atoms with van der Waals surface area (Å²) >= 11 is 6.06. The van der Waals surface area contributed by atoms with Crippen molar-refractivity contribution in [1.29, 1.82) is 0 Å². The lowest BCUT2D eigenvalue weighted by atomic mass is 9.89. The Hall–Kier alpha value is -4.83. The van der Waals surface area contributed by atoms with Gasteiger partial charge in [0.1, 0.15) is 11.6 Å². The third kappa shape index (κ3) is 8.25. The molecule has 3 aliphatic rings. The fourth-order valence-electron chi connectivity index (χ4n) is 6.52. The smallest absolute Gasteiger partial charge is 0.287 e. The molecule has 0 bridgehead atoms. The SMILES string of the molecule is CCN1CCCCC1=O.O=C(NC(Cc1ccc(Cl)cc1)C(=O)N1CCC(c2ccccc2)CC1)c1cc(=O)c2cc3c(cc2o1)OCO3. The minimum Gasteiger partial charge on any atom is -0.454 e. The van der Waals surface area contributed by atoms with Crippen molar-refractivity contribution >= 4 is 40.3 Å². The standard InChI is InChI=1S/C31H27ClN2O6.C7H13NO/c32-22-8-6-19(7-9-22)14-24(31(37)34-12-10-21(11-13-34)20-4-2-1-3-5-20)33-30(36)29-16-25(35)23-15-27-28(39-18-38-27)17-26(23)40-29;1-2-8-6-4-3-5-7(8)9/h1-9,15-17,21,24H,10-14,18H2,(H,33,36);2-6H2,1H3. The number of fused-ring (bicyclic) bond motifs is 2. The van der Waals surface area contributed by atoms with E-state index in [1.165, 1.54) is 24.1 Å². The molecule has 0 spiro atoms. The highest BCUT2D eigenvalue weighted by molar-refractivity contribution is 6.30. The average Bonchev–Trinajstić information content (AvgIpc) is 3.59. The van der Waals surface area contributed by atoms with Crippen molar-refractivity contribution in [2.24, 2.45) is 0 Å². The van der Waals surface area contributed by atoms with E-state index in [2.05, 4.69) is 17.4 Å². The fraction of sp³-hybridized carbons (Fsp3) is 0.368. The van der Waals surface area contributed by atoms with Gasteiger partial charge in [0.2, 0.25) is 18.6 Å². The second kappa shape index (κ2) is 15.6. The number of ether oxygens (including phenoxy) is 2. The Balaban J connectivity index is 0.000000403. The zero-order valence-corrected chi connectivity index (χ0v) is 28.2. The zero-order chi connectivity index (χ0) is 34.3. The van der Waals surface area contributed by atoms with Gasteiger partial charge in [-0.2, -0.15) is 0 Å². The first-order chi connectivity index (χ1) is 23.8. The number of benzene rings is 3. The van der Waals surface area contributed by atoms with Crippen molar-refractivity contribution in [2.75, 3.05) is 33.0 Å². The van der Waals surface area contributed by atoms with Gasteiger partial charge in [-0.25, -0.2) is 0 Å². The number of rotatable bonds is 7. The zero-order valence-electron chi connectivity index (χ0n) is 27.5. The van der Waals surface area contributed by atoms with Crippen LogP contribution in [-0.2, 0) is 16.0 Å². The molecule has 11 heteroatoms. The number of halogens is 1. The molecule has 0 aliphatic carbocycles. The lowest BCUT2D eigenvalue weighted by Crippen LogP contribution is -2.51. The number of nitrogens with one attached hydrogen (secondary N) is 1. The number of amides is 3. The molecule has 10 nitrogen and oxygen atoms in total. The lowest BCUT2D eigenvalue weighted by molar-refractivity contribution is -0.134. The van der Waals surface area contributed by atoms with E-state index < -0.39 is 17.4 Å². The van der Waals surface area contributed by atoms with Gasteiger partial charge in [-0.1, -0.05) is 54.1 Å². The van der Waals surface area contributed by atoms with Crippen LogP contribution in [0.4, 0.5) is 0 Å². The largest absolute Gasteiger partial charge is 0.454 e. The van der Waals surface area contributed by atoms with Crippen LogP contribution in [0.2, 0.25) is 5.02 Å². The van der Waals surface area contributed by atoms with Crippen molar-refractivity contribution in [2.45, 2.75) is 57.4 Å². The molecule has 2 saturated heterocycles. The van der Waals surface area contributed by atoms with E-state index in [-0.39, 0.29) is 35.9 Å². The van der Waals surface area contributed by atoms with Crippen LogP contribution in [0, 0.1) is 0 Å². The van der Waals surface area contributed by atoms with Crippen LogP contribution in [0.3, 0.4) is 0 Å². The summed E-state index contributed by atoms with van der Waals surface area (Å²) in [6.45, 7) is 5.12. The number of carbonyl (C=O) groups excluding carboxylic acids is 3. The maximum Gasteiger partial charge on any atom is 0.287 e. The summed E-state index contributed by atoms with van der Waals surface area (Å²) in [6.07, 6.45) is 5.00. The van der Waals surface area contributed by atoms with E-state index in [4.69, 9.17) is 25.5 Å². The topological polar surface area (TPSA) is 118 Å². The summed E-state index contributed by atoms with van der Waals surface area (Å²) in [5.41, 5.74) is 1.92. The molecule has 3 aromatic carbocycles. The Kier molecular flexibility index (Phi) is 10.8. The second-order valence-corrected chi connectivity index (χ2v) is 12.9. The van der Waals surface area contributed by atoms with Gasteiger partial charge in [0.15, 0.2) is 22.7 Å². The molecule has 1 aromatic heterocycles. The summed E-state index contributed by atoms with van der Waals surface area (Å²) < 4.78 is 16.5. The molecule has 49 heavy (non-hydrogen) atoms. The molecule has 4 heterocycles. The van der Waals surface area contributed by atoms with Gasteiger partial charge >= 0.3 is 0 Å². The van der Waals surface area contributed by atoms with Crippen molar-refractivity contribution in [3.05, 3.63) is 105 Å². The van der Waals surface area contributed by atoms with E-state index in [1.807, 2.05) is 42.2 Å². The highest BCUT2D eigenvalue weighted by Crippen LogP contribution is 2.35.